The fourth-order valence-electron chi connectivity index (χ4n) is 3.62. The minimum Gasteiger partial charge on any atom is -0.480 e. The third kappa shape index (κ3) is 8.65. The number of rotatable bonds is 13. The summed E-state index contributed by atoms with van der Waals surface area (Å²) in [6, 6.07) is 7.09. The molecule has 1 aliphatic rings. The van der Waals surface area contributed by atoms with Crippen LogP contribution >= 0.6 is 11.8 Å². The summed E-state index contributed by atoms with van der Waals surface area (Å²) in [4.78, 5) is 65.1. The molecule has 2 N–H and O–H groups in total. The number of carboxylic acid groups (broad SMARTS) is 1. The molecule has 1 aromatic carbocycles. The van der Waals surface area contributed by atoms with Crippen molar-refractivity contribution in [2.45, 2.75) is 51.1 Å². The van der Waals surface area contributed by atoms with E-state index in [9.17, 15) is 34.4 Å². The summed E-state index contributed by atoms with van der Waals surface area (Å²) in [6.07, 6.45) is 1.48. The molecule has 3 atom stereocenters. The van der Waals surface area contributed by atoms with Gasteiger partial charge in [-0.05, 0) is 24.8 Å². The number of likely N-dealkylation sites (tertiary alicyclic amines) is 1. The lowest BCUT2D eigenvalue weighted by molar-refractivity contribution is -0.757. The maximum absolute atomic E-state index is 12.9. The van der Waals surface area contributed by atoms with E-state index >= 15 is 0 Å². The van der Waals surface area contributed by atoms with Crippen molar-refractivity contribution in [2.75, 3.05) is 18.9 Å². The van der Waals surface area contributed by atoms with Crippen LogP contribution in [0, 0.1) is 16.0 Å². The van der Waals surface area contributed by atoms with E-state index in [4.69, 9.17) is 0 Å². The summed E-state index contributed by atoms with van der Waals surface area (Å²) in [5.41, 5.74) is 0.773. The van der Waals surface area contributed by atoms with E-state index < -0.39 is 35.0 Å². The molecule has 1 heterocycles. The minimum atomic E-state index is -1.15. The highest BCUT2D eigenvalue weighted by Gasteiger charge is 2.37. The average molecular weight is 496 g/mol. The van der Waals surface area contributed by atoms with Gasteiger partial charge < -0.3 is 20.2 Å². The van der Waals surface area contributed by atoms with Crippen molar-refractivity contribution in [3.63, 3.8) is 0 Å². The molecule has 1 saturated heterocycles. The number of carbonyl (C=O) groups excluding carboxylic acids is 3. The molecule has 2 amide bonds. The Morgan fingerprint density at radius 3 is 2.65 bits per heavy atom. The van der Waals surface area contributed by atoms with Gasteiger partial charge in [-0.1, -0.05) is 49.0 Å². The van der Waals surface area contributed by atoms with Crippen LogP contribution in [0.3, 0.4) is 0 Å². The first-order valence-corrected chi connectivity index (χ1v) is 12.0. The Bertz CT molecular complexity index is 882. The monoisotopic (exact) mass is 495 g/mol. The fourth-order valence-corrected chi connectivity index (χ4v) is 4.49. The summed E-state index contributed by atoms with van der Waals surface area (Å²) >= 11 is 0.966. The highest BCUT2D eigenvalue weighted by Crippen LogP contribution is 2.23. The summed E-state index contributed by atoms with van der Waals surface area (Å²) in [6.45, 7) is 1.88. The molecule has 0 unspecified atom stereocenters. The third-order valence-corrected chi connectivity index (χ3v) is 6.57. The first-order valence-electron chi connectivity index (χ1n) is 11.0. The molecule has 2 rings (SSSR count). The van der Waals surface area contributed by atoms with E-state index in [1.807, 2.05) is 6.07 Å². The zero-order valence-electron chi connectivity index (χ0n) is 18.9. The second-order valence-corrected chi connectivity index (χ2v) is 9.10. The van der Waals surface area contributed by atoms with Gasteiger partial charge in [0.1, 0.15) is 12.1 Å². The van der Waals surface area contributed by atoms with E-state index in [0.717, 1.165) is 17.3 Å². The van der Waals surface area contributed by atoms with Crippen molar-refractivity contribution in [2.24, 2.45) is 5.92 Å². The largest absolute Gasteiger partial charge is 0.480 e. The predicted octanol–water partition coefficient (Wildman–Crippen LogP) is 1.67. The number of carbonyl (C=O) groups is 4. The van der Waals surface area contributed by atoms with Gasteiger partial charge in [0.2, 0.25) is 11.8 Å². The SMILES string of the molecule is C[C@H](CSC(=O)CCCO[N+](=O)[O-])C(=O)N1CCC[C@H]1C(=O)N[C@H](Cc1ccccc1)C(=O)O. The molecule has 0 radical (unpaired) electrons. The van der Waals surface area contributed by atoms with Gasteiger partial charge in [-0.25, -0.2) is 4.79 Å². The molecule has 0 bridgehead atoms. The lowest BCUT2D eigenvalue weighted by Crippen LogP contribution is -2.52. The molecule has 0 aliphatic carbocycles. The number of benzene rings is 1. The quantitative estimate of drug-likeness (QED) is 0.236. The first kappa shape index (κ1) is 27.1. The molecule has 1 fully saturated rings. The Hall–Kier alpha value is -3.15. The van der Waals surface area contributed by atoms with Gasteiger partial charge in [0.25, 0.3) is 5.09 Å². The molecule has 0 aromatic heterocycles. The lowest BCUT2D eigenvalue weighted by Gasteiger charge is -2.27. The summed E-state index contributed by atoms with van der Waals surface area (Å²) < 4.78 is 0. The molecule has 0 saturated carbocycles. The number of hydrogen-bond donors (Lipinski definition) is 2. The van der Waals surface area contributed by atoms with E-state index in [2.05, 4.69) is 10.2 Å². The molecule has 0 spiro atoms. The fraction of sp³-hybridized carbons (Fsp3) is 0.545. The number of nitrogens with one attached hydrogen (secondary N) is 1. The van der Waals surface area contributed by atoms with Crippen LogP contribution < -0.4 is 5.32 Å². The molecular formula is C22H29N3O8S. The Balaban J connectivity index is 1.86. The molecular weight excluding hydrogens is 466 g/mol. The zero-order chi connectivity index (χ0) is 25.1. The maximum atomic E-state index is 12.9. The van der Waals surface area contributed by atoms with Crippen LogP contribution in [0.1, 0.15) is 38.2 Å². The van der Waals surface area contributed by atoms with E-state index in [1.54, 1.807) is 31.2 Å². The average Bonchev–Trinajstić information content (AvgIpc) is 3.30. The van der Waals surface area contributed by atoms with Crippen LogP contribution in [0.15, 0.2) is 30.3 Å². The van der Waals surface area contributed by atoms with Gasteiger partial charge in [-0.2, -0.15) is 0 Å². The number of nitrogens with zero attached hydrogens (tertiary/aromatic N) is 2. The topological polar surface area (TPSA) is 156 Å². The van der Waals surface area contributed by atoms with Gasteiger partial charge in [0.15, 0.2) is 5.12 Å². The number of amides is 2. The van der Waals surface area contributed by atoms with Crippen molar-refractivity contribution in [3.8, 4) is 0 Å². The smallest absolute Gasteiger partial charge is 0.326 e. The summed E-state index contributed by atoms with van der Waals surface area (Å²) in [7, 11) is 0. The summed E-state index contributed by atoms with van der Waals surface area (Å²) in [5.74, 6) is -2.25. The van der Waals surface area contributed by atoms with Crippen molar-refractivity contribution in [1.29, 1.82) is 0 Å². The van der Waals surface area contributed by atoms with Crippen LogP contribution in [0.2, 0.25) is 0 Å². The standard InChI is InChI=1S/C22H29N3O8S/c1-15(14-34-19(26)10-6-12-33-25(31)32)21(28)24-11-5-9-18(24)20(27)23-17(22(29)30)13-16-7-3-2-4-8-16/h2-4,7-8,15,17-18H,5-6,9-14H2,1H3,(H,23,27)(H,29,30)/t15-,17-,18+/m1/s1. The predicted molar refractivity (Wildman–Crippen MR) is 123 cm³/mol. The van der Waals surface area contributed by atoms with Crippen LogP contribution in [-0.2, 0) is 30.4 Å². The number of hydrogen-bond acceptors (Lipinski definition) is 8. The van der Waals surface area contributed by atoms with Crippen molar-refractivity contribution in [3.05, 3.63) is 46.0 Å². The Labute approximate surface area is 201 Å². The van der Waals surface area contributed by atoms with Gasteiger partial charge >= 0.3 is 5.97 Å². The Kier molecular flexibility index (Phi) is 10.8. The third-order valence-electron chi connectivity index (χ3n) is 5.37. The van der Waals surface area contributed by atoms with Gasteiger partial charge in [0, 0.05) is 31.1 Å². The van der Waals surface area contributed by atoms with Gasteiger partial charge in [0.05, 0.1) is 6.61 Å². The van der Waals surface area contributed by atoms with Gasteiger partial charge in [-0.3, -0.25) is 14.4 Å². The van der Waals surface area contributed by atoms with E-state index in [-0.39, 0.29) is 42.6 Å². The van der Waals surface area contributed by atoms with Crippen molar-refractivity contribution in [1.82, 2.24) is 10.2 Å². The molecule has 12 heteroatoms. The number of aliphatic carboxylic acids is 1. The molecule has 186 valence electrons. The van der Waals surface area contributed by atoms with Crippen LogP contribution in [0.5, 0.6) is 0 Å². The normalized spacial score (nSPS) is 17.0. The van der Waals surface area contributed by atoms with Crippen molar-refractivity contribution < 1.29 is 34.2 Å². The van der Waals surface area contributed by atoms with Crippen molar-refractivity contribution >= 4 is 34.7 Å². The summed E-state index contributed by atoms with van der Waals surface area (Å²) in [5, 5.41) is 21.1. The van der Waals surface area contributed by atoms with Crippen LogP contribution in [0.4, 0.5) is 0 Å². The zero-order valence-corrected chi connectivity index (χ0v) is 19.7. The molecule has 34 heavy (non-hydrogen) atoms. The van der Waals surface area contributed by atoms with E-state index in [0.29, 0.717) is 19.4 Å². The maximum Gasteiger partial charge on any atom is 0.326 e. The van der Waals surface area contributed by atoms with Crippen LogP contribution in [-0.4, -0.2) is 69.0 Å². The Morgan fingerprint density at radius 1 is 1.29 bits per heavy atom. The number of carboxylic acids is 1. The lowest BCUT2D eigenvalue weighted by atomic mass is 10.1. The minimum absolute atomic E-state index is 0.0894. The highest BCUT2D eigenvalue weighted by molar-refractivity contribution is 8.13. The number of thioether (sulfide) groups is 1. The second kappa shape index (κ2) is 13.5. The molecule has 11 nitrogen and oxygen atoms in total. The van der Waals surface area contributed by atoms with Gasteiger partial charge in [-0.15, -0.1) is 10.1 Å². The van der Waals surface area contributed by atoms with E-state index in [1.165, 1.54) is 4.90 Å². The first-order chi connectivity index (χ1) is 16.2. The Morgan fingerprint density at radius 2 is 2.00 bits per heavy atom. The second-order valence-electron chi connectivity index (χ2n) is 8.02. The highest BCUT2D eigenvalue weighted by atomic mass is 32.2. The molecule has 1 aromatic rings. The van der Waals surface area contributed by atoms with Crippen LogP contribution in [0.25, 0.3) is 0 Å². The molecule has 1 aliphatic heterocycles.